The summed E-state index contributed by atoms with van der Waals surface area (Å²) in [5, 5.41) is 6.04. The quantitative estimate of drug-likeness (QED) is 0.909. The van der Waals surface area contributed by atoms with Crippen molar-refractivity contribution in [1.29, 1.82) is 0 Å². The molecule has 1 aliphatic heterocycles. The number of amides is 2. The molecule has 3 rings (SSSR count). The van der Waals surface area contributed by atoms with Gasteiger partial charge in [0.2, 0.25) is 0 Å². The fourth-order valence-electron chi connectivity index (χ4n) is 2.59. The van der Waals surface area contributed by atoms with Crippen LogP contribution >= 0.6 is 11.8 Å². The molecule has 0 bridgehead atoms. The topological polar surface area (TPSA) is 54.0 Å². The third-order valence-electron chi connectivity index (χ3n) is 3.74. The van der Waals surface area contributed by atoms with E-state index >= 15 is 0 Å². The van der Waals surface area contributed by atoms with Crippen LogP contribution in [0.3, 0.4) is 0 Å². The van der Waals surface area contributed by atoms with E-state index in [0.29, 0.717) is 0 Å². The lowest BCUT2D eigenvalue weighted by Crippen LogP contribution is -2.40. The molecule has 2 aromatic rings. The van der Waals surface area contributed by atoms with E-state index in [9.17, 15) is 4.79 Å². The van der Waals surface area contributed by atoms with Crippen LogP contribution < -0.4 is 10.6 Å². The molecule has 1 aliphatic rings. The van der Waals surface area contributed by atoms with Gasteiger partial charge in [-0.2, -0.15) is 0 Å². The van der Waals surface area contributed by atoms with Crippen LogP contribution in [-0.2, 0) is 0 Å². The maximum atomic E-state index is 12.2. The maximum Gasteiger partial charge on any atom is 0.315 e. The highest BCUT2D eigenvalue weighted by Crippen LogP contribution is 2.35. The average Bonchev–Trinajstić information content (AvgIpc) is 2.56. The summed E-state index contributed by atoms with van der Waals surface area (Å²) in [7, 11) is 0. The van der Waals surface area contributed by atoms with Crippen molar-refractivity contribution in [3.05, 3.63) is 59.9 Å². The van der Waals surface area contributed by atoms with Gasteiger partial charge in [0, 0.05) is 16.8 Å². The number of hydrogen-bond acceptors (Lipinski definition) is 3. The van der Waals surface area contributed by atoms with Crippen LogP contribution in [0.25, 0.3) is 0 Å². The number of urea groups is 1. The van der Waals surface area contributed by atoms with E-state index in [4.69, 9.17) is 0 Å². The number of carbonyl (C=O) groups excluding carboxylic acids is 1. The zero-order chi connectivity index (χ0) is 15.4. The van der Waals surface area contributed by atoms with Crippen LogP contribution in [0.5, 0.6) is 0 Å². The molecule has 2 N–H and O–H groups in total. The highest BCUT2D eigenvalue weighted by atomic mass is 32.2. The summed E-state index contributed by atoms with van der Waals surface area (Å²) in [6, 6.07) is 13.8. The summed E-state index contributed by atoms with van der Waals surface area (Å²) in [5.41, 5.74) is 2.07. The smallest absolute Gasteiger partial charge is 0.315 e. The fraction of sp³-hybridized carbons (Fsp3) is 0.294. The lowest BCUT2D eigenvalue weighted by Gasteiger charge is -2.26. The van der Waals surface area contributed by atoms with Crippen molar-refractivity contribution in [3.8, 4) is 0 Å². The predicted molar refractivity (Wildman–Crippen MR) is 88.8 cm³/mol. The molecule has 2 atom stereocenters. The Morgan fingerprint density at radius 1 is 1.27 bits per heavy atom. The van der Waals surface area contributed by atoms with Crippen LogP contribution in [0.15, 0.2) is 53.6 Å². The number of aromatic nitrogens is 1. The lowest BCUT2D eigenvalue weighted by atomic mass is 10.0. The minimum atomic E-state index is -0.148. The molecule has 1 aromatic carbocycles. The Morgan fingerprint density at radius 2 is 2.09 bits per heavy atom. The number of nitrogens with one attached hydrogen (secondary N) is 2. The second-order valence-corrected chi connectivity index (χ2v) is 6.46. The van der Waals surface area contributed by atoms with Gasteiger partial charge in [0.05, 0.1) is 17.8 Å². The third-order valence-corrected chi connectivity index (χ3v) is 4.87. The summed E-state index contributed by atoms with van der Waals surface area (Å²) in [5.74, 6) is 1.03. The Kier molecular flexibility index (Phi) is 4.63. The Hall–Kier alpha value is -2.01. The second-order valence-electron chi connectivity index (χ2n) is 5.32. The van der Waals surface area contributed by atoms with Crippen LogP contribution in [0.1, 0.15) is 36.7 Å². The SMILES string of the molecule is C[C@H](NC(=O)N[C@@H]1CCSc2ccccc21)c1ccccn1. The number of fused-ring (bicyclic) bond motifs is 1. The van der Waals surface area contributed by atoms with E-state index in [0.717, 1.165) is 17.9 Å². The zero-order valence-electron chi connectivity index (χ0n) is 12.5. The molecule has 0 unspecified atom stereocenters. The summed E-state index contributed by atoms with van der Waals surface area (Å²) < 4.78 is 0. The van der Waals surface area contributed by atoms with Crippen molar-refractivity contribution in [2.75, 3.05) is 5.75 Å². The monoisotopic (exact) mass is 313 g/mol. The van der Waals surface area contributed by atoms with Crippen LogP contribution in [0, 0.1) is 0 Å². The first-order valence-electron chi connectivity index (χ1n) is 7.44. The number of hydrogen-bond donors (Lipinski definition) is 2. The first kappa shape index (κ1) is 14.9. The molecule has 0 fully saturated rings. The molecule has 0 radical (unpaired) electrons. The van der Waals surface area contributed by atoms with Gasteiger partial charge >= 0.3 is 6.03 Å². The van der Waals surface area contributed by atoms with Crippen LogP contribution in [0.4, 0.5) is 4.79 Å². The van der Waals surface area contributed by atoms with Crippen LogP contribution in [-0.4, -0.2) is 16.8 Å². The summed E-state index contributed by atoms with van der Waals surface area (Å²) in [6.45, 7) is 1.94. The van der Waals surface area contributed by atoms with Gasteiger partial charge in [0.15, 0.2) is 0 Å². The van der Waals surface area contributed by atoms with E-state index in [1.54, 1.807) is 6.20 Å². The van der Waals surface area contributed by atoms with Gasteiger partial charge in [-0.15, -0.1) is 11.8 Å². The van der Waals surface area contributed by atoms with Crippen molar-refractivity contribution >= 4 is 17.8 Å². The fourth-order valence-corrected chi connectivity index (χ4v) is 3.72. The minimum Gasteiger partial charge on any atom is -0.331 e. The first-order valence-corrected chi connectivity index (χ1v) is 8.42. The number of rotatable bonds is 3. The van der Waals surface area contributed by atoms with E-state index in [1.807, 2.05) is 49.0 Å². The molecule has 114 valence electrons. The molecule has 0 saturated carbocycles. The highest BCUT2D eigenvalue weighted by Gasteiger charge is 2.22. The van der Waals surface area contributed by atoms with E-state index in [-0.39, 0.29) is 18.1 Å². The highest BCUT2D eigenvalue weighted by molar-refractivity contribution is 7.99. The molecule has 0 saturated heterocycles. The zero-order valence-corrected chi connectivity index (χ0v) is 13.3. The molecule has 2 amide bonds. The number of pyridine rings is 1. The van der Waals surface area contributed by atoms with Crippen molar-refractivity contribution in [2.45, 2.75) is 30.3 Å². The third kappa shape index (κ3) is 3.42. The summed E-state index contributed by atoms with van der Waals surface area (Å²) in [6.07, 6.45) is 2.69. The largest absolute Gasteiger partial charge is 0.331 e. The van der Waals surface area contributed by atoms with Gasteiger partial charge in [0.1, 0.15) is 0 Å². The van der Waals surface area contributed by atoms with Gasteiger partial charge in [-0.3, -0.25) is 4.98 Å². The number of thioether (sulfide) groups is 1. The first-order chi connectivity index (χ1) is 10.7. The molecule has 0 aliphatic carbocycles. The molecule has 1 aromatic heterocycles. The number of nitrogens with zero attached hydrogens (tertiary/aromatic N) is 1. The number of benzene rings is 1. The van der Waals surface area contributed by atoms with E-state index < -0.39 is 0 Å². The Bertz CT molecular complexity index is 647. The molecule has 22 heavy (non-hydrogen) atoms. The number of carbonyl (C=O) groups is 1. The molecule has 2 heterocycles. The van der Waals surface area contributed by atoms with Crippen molar-refractivity contribution < 1.29 is 4.79 Å². The molecular formula is C17H19N3OS. The normalized spacial score (nSPS) is 18.1. The van der Waals surface area contributed by atoms with E-state index in [2.05, 4.69) is 27.8 Å². The van der Waals surface area contributed by atoms with Crippen molar-refractivity contribution in [2.24, 2.45) is 0 Å². The standard InChI is InChI=1S/C17H19N3OS/c1-12(14-7-4-5-10-18-14)19-17(21)20-15-9-11-22-16-8-3-2-6-13(15)16/h2-8,10,12,15H,9,11H2,1H3,(H2,19,20,21)/t12-,15+/m0/s1. The van der Waals surface area contributed by atoms with E-state index in [1.165, 1.54) is 10.5 Å². The van der Waals surface area contributed by atoms with Gasteiger partial charge in [-0.1, -0.05) is 24.3 Å². The second kappa shape index (κ2) is 6.83. The molecule has 5 heteroatoms. The minimum absolute atomic E-state index is 0.0772. The van der Waals surface area contributed by atoms with Gasteiger partial charge in [0.25, 0.3) is 0 Å². The average molecular weight is 313 g/mol. The Labute approximate surface area is 134 Å². The molecular weight excluding hydrogens is 294 g/mol. The predicted octanol–water partition coefficient (Wildman–Crippen LogP) is 3.68. The van der Waals surface area contributed by atoms with Crippen LogP contribution in [0.2, 0.25) is 0 Å². The molecule has 0 spiro atoms. The lowest BCUT2D eigenvalue weighted by molar-refractivity contribution is 0.233. The van der Waals surface area contributed by atoms with Crippen molar-refractivity contribution in [1.82, 2.24) is 15.6 Å². The van der Waals surface area contributed by atoms with Crippen molar-refractivity contribution in [3.63, 3.8) is 0 Å². The molecule has 4 nitrogen and oxygen atoms in total. The Balaban J connectivity index is 1.63. The summed E-state index contributed by atoms with van der Waals surface area (Å²) in [4.78, 5) is 17.8. The maximum absolute atomic E-state index is 12.2. The van der Waals surface area contributed by atoms with Gasteiger partial charge < -0.3 is 10.6 Å². The van der Waals surface area contributed by atoms with Gasteiger partial charge in [-0.25, -0.2) is 4.79 Å². The Morgan fingerprint density at radius 3 is 2.91 bits per heavy atom. The van der Waals surface area contributed by atoms with Gasteiger partial charge in [-0.05, 0) is 37.1 Å². The summed E-state index contributed by atoms with van der Waals surface area (Å²) >= 11 is 1.85.